The van der Waals surface area contributed by atoms with Gasteiger partial charge >= 0.3 is 0 Å². The number of carbonyl (C=O) groups excluding carboxylic acids is 3. The van der Waals surface area contributed by atoms with Crippen LogP contribution >= 0.6 is 0 Å². The molecule has 0 saturated carbocycles. The molecule has 7 heteroatoms. The van der Waals surface area contributed by atoms with Gasteiger partial charge in [0.1, 0.15) is 0 Å². The van der Waals surface area contributed by atoms with Gasteiger partial charge in [0.25, 0.3) is 5.91 Å². The number of likely N-dealkylation sites (tertiary alicyclic amines) is 1. The van der Waals surface area contributed by atoms with E-state index < -0.39 is 0 Å². The van der Waals surface area contributed by atoms with Crippen molar-refractivity contribution in [3.63, 3.8) is 0 Å². The van der Waals surface area contributed by atoms with Gasteiger partial charge in [-0.05, 0) is 48.4 Å². The summed E-state index contributed by atoms with van der Waals surface area (Å²) in [5, 5.41) is 5.58. The number of amides is 3. The van der Waals surface area contributed by atoms with Crippen LogP contribution in [0.15, 0.2) is 77.4 Å². The van der Waals surface area contributed by atoms with Gasteiger partial charge in [-0.3, -0.25) is 14.4 Å². The summed E-state index contributed by atoms with van der Waals surface area (Å²) in [5.74, 6) is -0.668. The largest absolute Gasteiger partial charge is 0.459 e. The molecular formula is C24H23N3O4. The molecule has 0 aliphatic carbocycles. The first-order chi connectivity index (χ1) is 15.1. The number of furan rings is 1. The van der Waals surface area contributed by atoms with Crippen molar-refractivity contribution in [1.82, 2.24) is 4.90 Å². The van der Waals surface area contributed by atoms with Crippen LogP contribution in [0, 0.1) is 5.92 Å². The number of nitrogens with zero attached hydrogens (tertiary/aromatic N) is 1. The Balaban J connectivity index is 1.28. The fourth-order valence-electron chi connectivity index (χ4n) is 3.55. The zero-order chi connectivity index (χ0) is 21.6. The first-order valence-electron chi connectivity index (χ1n) is 10.2. The number of benzene rings is 2. The molecule has 158 valence electrons. The van der Waals surface area contributed by atoms with Crippen LogP contribution in [0.2, 0.25) is 0 Å². The van der Waals surface area contributed by atoms with E-state index in [0.29, 0.717) is 24.5 Å². The van der Waals surface area contributed by atoms with E-state index in [4.69, 9.17) is 4.42 Å². The second-order valence-corrected chi connectivity index (χ2v) is 7.47. The van der Waals surface area contributed by atoms with Crippen LogP contribution in [-0.4, -0.2) is 35.7 Å². The molecule has 2 aromatic carbocycles. The Labute approximate surface area is 180 Å². The molecule has 2 heterocycles. The third kappa shape index (κ3) is 5.19. The van der Waals surface area contributed by atoms with Gasteiger partial charge in [0.05, 0.1) is 12.2 Å². The minimum absolute atomic E-state index is 0.00654. The third-order valence-electron chi connectivity index (χ3n) is 5.25. The van der Waals surface area contributed by atoms with Crippen molar-refractivity contribution >= 4 is 29.1 Å². The minimum Gasteiger partial charge on any atom is -0.459 e. The summed E-state index contributed by atoms with van der Waals surface area (Å²) >= 11 is 0. The van der Waals surface area contributed by atoms with Crippen LogP contribution in [0.25, 0.3) is 0 Å². The molecule has 4 rings (SSSR count). The number of nitrogens with one attached hydrogen (secondary N) is 2. The van der Waals surface area contributed by atoms with Crippen molar-refractivity contribution < 1.29 is 18.8 Å². The standard InChI is InChI=1S/C24H23N3O4/c28-22-15-18(16-27(22)13-12-17-5-2-1-3-6-17)23(29)25-19-8-10-20(11-9-19)26-24(30)21-7-4-14-31-21/h1-11,14,18H,12-13,15-16H2,(H,25,29)(H,26,30). The monoisotopic (exact) mass is 417 g/mol. The maximum atomic E-state index is 12.6. The molecule has 7 nitrogen and oxygen atoms in total. The van der Waals surface area contributed by atoms with Gasteiger partial charge in [0.2, 0.25) is 11.8 Å². The van der Waals surface area contributed by atoms with Gasteiger partial charge in [-0.25, -0.2) is 0 Å². The Bertz CT molecular complexity index is 1050. The maximum absolute atomic E-state index is 12.6. The van der Waals surface area contributed by atoms with E-state index in [2.05, 4.69) is 10.6 Å². The lowest BCUT2D eigenvalue weighted by atomic mass is 10.1. The fraction of sp³-hybridized carbons (Fsp3) is 0.208. The molecule has 1 unspecified atom stereocenters. The molecular weight excluding hydrogens is 394 g/mol. The van der Waals surface area contributed by atoms with Crippen molar-refractivity contribution in [2.75, 3.05) is 23.7 Å². The van der Waals surface area contributed by atoms with Gasteiger partial charge < -0.3 is 20.0 Å². The van der Waals surface area contributed by atoms with Crippen LogP contribution in [0.4, 0.5) is 11.4 Å². The first-order valence-corrected chi connectivity index (χ1v) is 10.2. The quantitative estimate of drug-likeness (QED) is 0.615. The van der Waals surface area contributed by atoms with Crippen molar-refractivity contribution in [2.24, 2.45) is 5.92 Å². The molecule has 0 radical (unpaired) electrons. The fourth-order valence-corrected chi connectivity index (χ4v) is 3.55. The van der Waals surface area contributed by atoms with Gasteiger partial charge in [-0.15, -0.1) is 0 Å². The molecule has 2 N–H and O–H groups in total. The van der Waals surface area contributed by atoms with Crippen molar-refractivity contribution in [1.29, 1.82) is 0 Å². The highest BCUT2D eigenvalue weighted by atomic mass is 16.3. The highest BCUT2D eigenvalue weighted by Crippen LogP contribution is 2.21. The van der Waals surface area contributed by atoms with Crippen LogP contribution in [-0.2, 0) is 16.0 Å². The van der Waals surface area contributed by atoms with Crippen LogP contribution in [0.5, 0.6) is 0 Å². The first kappa shape index (κ1) is 20.4. The highest BCUT2D eigenvalue weighted by Gasteiger charge is 2.34. The van der Waals surface area contributed by atoms with Gasteiger partial charge in [-0.1, -0.05) is 30.3 Å². The molecule has 1 aliphatic rings. The Hall–Kier alpha value is -3.87. The van der Waals surface area contributed by atoms with Crippen molar-refractivity contribution in [3.8, 4) is 0 Å². The zero-order valence-electron chi connectivity index (χ0n) is 16.9. The zero-order valence-corrected chi connectivity index (χ0v) is 16.9. The smallest absolute Gasteiger partial charge is 0.291 e. The molecule has 1 aliphatic heterocycles. The van der Waals surface area contributed by atoms with Gasteiger partial charge in [0.15, 0.2) is 5.76 Å². The third-order valence-corrected chi connectivity index (χ3v) is 5.25. The minimum atomic E-state index is -0.374. The second-order valence-electron chi connectivity index (χ2n) is 7.47. The number of hydrogen-bond donors (Lipinski definition) is 2. The van der Waals surface area contributed by atoms with E-state index in [-0.39, 0.29) is 35.8 Å². The van der Waals surface area contributed by atoms with Crippen LogP contribution in [0.1, 0.15) is 22.5 Å². The summed E-state index contributed by atoms with van der Waals surface area (Å²) in [5.41, 5.74) is 2.36. The highest BCUT2D eigenvalue weighted by molar-refractivity contribution is 6.02. The topological polar surface area (TPSA) is 91.7 Å². The van der Waals surface area contributed by atoms with E-state index in [1.54, 1.807) is 41.3 Å². The summed E-state index contributed by atoms with van der Waals surface area (Å²) in [7, 11) is 0. The molecule has 1 saturated heterocycles. The summed E-state index contributed by atoms with van der Waals surface area (Å²) < 4.78 is 5.06. The molecule has 1 fully saturated rings. The van der Waals surface area contributed by atoms with Gasteiger partial charge in [-0.2, -0.15) is 0 Å². The Morgan fingerprint density at radius 1 is 0.935 bits per heavy atom. The predicted molar refractivity (Wildman–Crippen MR) is 117 cm³/mol. The lowest BCUT2D eigenvalue weighted by molar-refractivity contribution is -0.128. The van der Waals surface area contributed by atoms with E-state index in [0.717, 1.165) is 6.42 Å². The summed E-state index contributed by atoms with van der Waals surface area (Å²) in [4.78, 5) is 38.7. The van der Waals surface area contributed by atoms with E-state index in [1.807, 2.05) is 30.3 Å². The number of rotatable bonds is 7. The van der Waals surface area contributed by atoms with Crippen LogP contribution in [0.3, 0.4) is 0 Å². The summed E-state index contributed by atoms with van der Waals surface area (Å²) in [6.07, 6.45) is 2.42. The normalized spacial score (nSPS) is 15.7. The molecule has 3 aromatic rings. The average molecular weight is 417 g/mol. The van der Waals surface area contributed by atoms with E-state index >= 15 is 0 Å². The molecule has 1 aromatic heterocycles. The number of anilines is 2. The Kier molecular flexibility index (Phi) is 6.12. The van der Waals surface area contributed by atoms with E-state index in [9.17, 15) is 14.4 Å². The Morgan fingerprint density at radius 2 is 1.65 bits per heavy atom. The Morgan fingerprint density at radius 3 is 2.32 bits per heavy atom. The van der Waals surface area contributed by atoms with Gasteiger partial charge in [0, 0.05) is 30.9 Å². The summed E-state index contributed by atoms with van der Waals surface area (Å²) in [6, 6.07) is 20.0. The SMILES string of the molecule is O=C(Nc1ccc(NC(=O)C2CC(=O)N(CCc3ccccc3)C2)cc1)c1ccco1. The van der Waals surface area contributed by atoms with Crippen molar-refractivity contribution in [3.05, 3.63) is 84.3 Å². The lowest BCUT2D eigenvalue weighted by Crippen LogP contribution is -2.30. The molecule has 0 bridgehead atoms. The number of carbonyl (C=O) groups is 3. The van der Waals surface area contributed by atoms with E-state index in [1.165, 1.54) is 11.8 Å². The van der Waals surface area contributed by atoms with Crippen LogP contribution < -0.4 is 10.6 Å². The molecule has 3 amide bonds. The lowest BCUT2D eigenvalue weighted by Gasteiger charge is -2.16. The second kappa shape index (κ2) is 9.30. The maximum Gasteiger partial charge on any atom is 0.291 e. The molecule has 0 spiro atoms. The number of hydrogen-bond acceptors (Lipinski definition) is 4. The predicted octanol–water partition coefficient (Wildman–Crippen LogP) is 3.56. The average Bonchev–Trinajstić information content (AvgIpc) is 3.45. The molecule has 1 atom stereocenters. The van der Waals surface area contributed by atoms with Crippen molar-refractivity contribution in [2.45, 2.75) is 12.8 Å². The summed E-state index contributed by atoms with van der Waals surface area (Å²) in [6.45, 7) is 1.03. The molecule has 31 heavy (non-hydrogen) atoms.